The predicted octanol–water partition coefficient (Wildman–Crippen LogP) is 3.34. The first kappa shape index (κ1) is 16.7. The number of carbonyl (C=O) groups is 1. The molecule has 0 aliphatic rings. The number of anilines is 2. The summed E-state index contributed by atoms with van der Waals surface area (Å²) in [5, 5.41) is 29.7. The number of rotatable bonds is 6. The zero-order chi connectivity index (χ0) is 17.6. The normalized spacial score (nSPS) is 10.5. The summed E-state index contributed by atoms with van der Waals surface area (Å²) in [5.41, 5.74) is 2.92. The molecule has 0 aliphatic heterocycles. The maximum absolute atomic E-state index is 12.1. The fourth-order valence-corrected chi connectivity index (χ4v) is 2.45. The lowest BCUT2D eigenvalue weighted by molar-refractivity contribution is -0.116. The Balaban J connectivity index is 1.59. The highest BCUT2D eigenvalue weighted by Gasteiger charge is 2.09. The van der Waals surface area contributed by atoms with Crippen molar-refractivity contribution < 1.29 is 10.0 Å². The molecule has 3 rings (SSSR count). The molecule has 25 heavy (non-hydrogen) atoms. The Morgan fingerprint density at radius 2 is 1.88 bits per heavy atom. The van der Waals surface area contributed by atoms with Crippen LogP contribution in [0.5, 0.6) is 0 Å². The van der Waals surface area contributed by atoms with Crippen molar-refractivity contribution in [1.29, 1.82) is 0 Å². The number of para-hydroxylation sites is 2. The molecule has 0 atom stereocenters. The van der Waals surface area contributed by atoms with Crippen molar-refractivity contribution in [3.05, 3.63) is 71.6 Å². The highest BCUT2D eigenvalue weighted by atomic mass is 16.8. The summed E-state index contributed by atoms with van der Waals surface area (Å²) >= 11 is 0. The van der Waals surface area contributed by atoms with Gasteiger partial charge in [-0.15, -0.1) is 0 Å². The van der Waals surface area contributed by atoms with E-state index in [1.165, 1.54) is 6.07 Å². The van der Waals surface area contributed by atoms with Crippen molar-refractivity contribution in [3.8, 4) is 11.3 Å². The van der Waals surface area contributed by atoms with E-state index in [9.17, 15) is 10.0 Å². The molecule has 3 aromatic rings. The van der Waals surface area contributed by atoms with Gasteiger partial charge < -0.3 is 15.8 Å². The largest absolute Gasteiger partial charge is 0.733 e. The maximum atomic E-state index is 12.1. The van der Waals surface area contributed by atoms with Gasteiger partial charge in [0.2, 0.25) is 5.91 Å². The van der Waals surface area contributed by atoms with E-state index >= 15 is 0 Å². The van der Waals surface area contributed by atoms with E-state index in [-0.39, 0.29) is 28.9 Å². The average molecular weight is 337 g/mol. The fourth-order valence-electron chi connectivity index (χ4n) is 2.45. The number of nitrogens with zero attached hydrogens (tertiary/aromatic N) is 2. The smallest absolute Gasteiger partial charge is 0.224 e. The van der Waals surface area contributed by atoms with Crippen LogP contribution >= 0.6 is 0 Å². The number of amides is 1. The lowest BCUT2D eigenvalue weighted by Crippen LogP contribution is -2.16. The summed E-state index contributed by atoms with van der Waals surface area (Å²) < 4.78 is 0. The van der Waals surface area contributed by atoms with Crippen LogP contribution in [-0.2, 0) is 11.2 Å². The number of aryl methyl sites for hydroxylation is 1. The highest BCUT2D eigenvalue weighted by Crippen LogP contribution is 2.24. The molecule has 0 fully saturated rings. The average Bonchev–Trinajstić information content (AvgIpc) is 3.10. The summed E-state index contributed by atoms with van der Waals surface area (Å²) in [5.74, 6) is -0.259. The van der Waals surface area contributed by atoms with Crippen LogP contribution in [0.3, 0.4) is 0 Å². The molecule has 0 unspecified atom stereocenters. The van der Waals surface area contributed by atoms with Crippen molar-refractivity contribution in [2.45, 2.75) is 12.8 Å². The van der Waals surface area contributed by atoms with Crippen LogP contribution < -0.4 is 10.5 Å². The molecule has 3 N–H and O–H groups in total. The number of aromatic amines is 1. The van der Waals surface area contributed by atoms with Gasteiger partial charge in [-0.1, -0.05) is 42.5 Å². The van der Waals surface area contributed by atoms with Gasteiger partial charge in [-0.3, -0.25) is 15.1 Å². The Labute approximate surface area is 144 Å². The van der Waals surface area contributed by atoms with Gasteiger partial charge in [0.15, 0.2) is 0 Å². The third kappa shape index (κ3) is 4.23. The molecular formula is C18H17N4O3-. The molecule has 0 saturated heterocycles. The molecule has 1 aromatic heterocycles. The standard InChI is InChI=1S/C18H17N4O3/c23-18(19-15-8-4-5-9-17(15)22(24)25)11-10-14-12-16(21-20-14)13-6-2-1-3-7-13/h1-9,12,24H,10-11H2,(H,19,23)(H,20,21)/q-1. The maximum Gasteiger partial charge on any atom is 0.224 e. The second kappa shape index (κ2) is 7.61. The topological polar surface area (TPSA) is 104 Å². The number of carbonyl (C=O) groups excluding carboxylic acids is 1. The number of aromatic nitrogens is 2. The molecule has 0 spiro atoms. The van der Waals surface area contributed by atoms with Crippen LogP contribution in [0, 0.1) is 5.21 Å². The molecule has 7 nitrogen and oxygen atoms in total. The van der Waals surface area contributed by atoms with Crippen molar-refractivity contribution in [2.24, 2.45) is 0 Å². The molecular weight excluding hydrogens is 320 g/mol. The van der Waals surface area contributed by atoms with E-state index in [0.717, 1.165) is 17.0 Å². The molecule has 0 aliphatic carbocycles. The third-order valence-electron chi connectivity index (χ3n) is 3.71. The number of nitrogens with one attached hydrogen (secondary N) is 2. The summed E-state index contributed by atoms with van der Waals surface area (Å²) in [6, 6.07) is 17.9. The Kier molecular flexibility index (Phi) is 5.08. The Hall–Kier alpha value is -3.16. The predicted molar refractivity (Wildman–Crippen MR) is 95.0 cm³/mol. The van der Waals surface area contributed by atoms with Gasteiger partial charge in [0.1, 0.15) is 0 Å². The van der Waals surface area contributed by atoms with Gasteiger partial charge >= 0.3 is 0 Å². The van der Waals surface area contributed by atoms with E-state index in [1.807, 2.05) is 36.4 Å². The van der Waals surface area contributed by atoms with Crippen molar-refractivity contribution in [1.82, 2.24) is 10.2 Å². The van der Waals surface area contributed by atoms with Crippen molar-refractivity contribution in [2.75, 3.05) is 10.5 Å². The van der Waals surface area contributed by atoms with Crippen LogP contribution in [-0.4, -0.2) is 21.3 Å². The number of H-pyrrole nitrogens is 1. The first-order valence-electron chi connectivity index (χ1n) is 7.78. The number of hydrogen-bond acceptors (Lipinski definition) is 5. The van der Waals surface area contributed by atoms with Gasteiger partial charge in [0.05, 0.1) is 17.1 Å². The quantitative estimate of drug-likeness (QED) is 0.598. The van der Waals surface area contributed by atoms with Gasteiger partial charge in [-0.25, -0.2) is 0 Å². The molecule has 1 amide bonds. The van der Waals surface area contributed by atoms with E-state index in [4.69, 9.17) is 5.21 Å². The molecule has 0 bridgehead atoms. The SMILES string of the molecule is O=C(CCc1cc(-c2ccccc2)n[nH]1)Nc1ccccc1N([O-])O. The molecule has 1 heterocycles. The van der Waals surface area contributed by atoms with Crippen LogP contribution in [0.1, 0.15) is 12.1 Å². The lowest BCUT2D eigenvalue weighted by atomic mass is 10.1. The highest BCUT2D eigenvalue weighted by molar-refractivity contribution is 5.94. The summed E-state index contributed by atoms with van der Waals surface area (Å²) in [6.07, 6.45) is 0.698. The first-order chi connectivity index (χ1) is 12.1. The van der Waals surface area contributed by atoms with Crippen LogP contribution in [0.2, 0.25) is 0 Å². The number of benzene rings is 2. The Morgan fingerprint density at radius 1 is 1.16 bits per heavy atom. The van der Waals surface area contributed by atoms with Gasteiger partial charge in [-0.2, -0.15) is 5.10 Å². The minimum atomic E-state index is -0.267. The molecule has 128 valence electrons. The first-order valence-corrected chi connectivity index (χ1v) is 7.78. The fraction of sp³-hybridized carbons (Fsp3) is 0.111. The van der Waals surface area contributed by atoms with Crippen molar-refractivity contribution >= 4 is 17.3 Å². The minimum absolute atomic E-state index is 0.0104. The van der Waals surface area contributed by atoms with E-state index in [1.54, 1.807) is 18.2 Å². The number of hydrogen-bond donors (Lipinski definition) is 3. The van der Waals surface area contributed by atoms with Crippen LogP contribution in [0.15, 0.2) is 60.7 Å². The monoisotopic (exact) mass is 337 g/mol. The zero-order valence-electron chi connectivity index (χ0n) is 13.3. The summed E-state index contributed by atoms with van der Waals surface area (Å²) in [6.45, 7) is 0. The Bertz CT molecular complexity index is 846. The van der Waals surface area contributed by atoms with Crippen LogP contribution in [0.25, 0.3) is 11.3 Å². The zero-order valence-corrected chi connectivity index (χ0v) is 13.3. The van der Waals surface area contributed by atoms with Gasteiger partial charge in [-0.05, 0) is 24.6 Å². The lowest BCUT2D eigenvalue weighted by Gasteiger charge is -2.24. The Morgan fingerprint density at radius 3 is 2.64 bits per heavy atom. The van der Waals surface area contributed by atoms with Crippen molar-refractivity contribution in [3.63, 3.8) is 0 Å². The molecule has 0 radical (unpaired) electrons. The molecule has 0 saturated carbocycles. The van der Waals surface area contributed by atoms with E-state index in [0.29, 0.717) is 6.42 Å². The molecule has 2 aromatic carbocycles. The minimum Gasteiger partial charge on any atom is -0.733 e. The third-order valence-corrected chi connectivity index (χ3v) is 3.71. The van der Waals surface area contributed by atoms with E-state index < -0.39 is 0 Å². The summed E-state index contributed by atoms with van der Waals surface area (Å²) in [4.78, 5) is 12.1. The van der Waals surface area contributed by atoms with Gasteiger partial charge in [0, 0.05) is 17.7 Å². The van der Waals surface area contributed by atoms with Gasteiger partial charge in [0.25, 0.3) is 0 Å². The van der Waals surface area contributed by atoms with E-state index in [2.05, 4.69) is 15.5 Å². The van der Waals surface area contributed by atoms with Crippen LogP contribution in [0.4, 0.5) is 11.4 Å². The summed E-state index contributed by atoms with van der Waals surface area (Å²) in [7, 11) is 0. The second-order valence-electron chi connectivity index (χ2n) is 5.48. The second-order valence-corrected chi connectivity index (χ2v) is 5.48. The molecule has 7 heteroatoms.